The summed E-state index contributed by atoms with van der Waals surface area (Å²) in [6.07, 6.45) is 3.31. The number of hydrogen-bond donors (Lipinski definition) is 2. The maximum atomic E-state index is 12.3. The van der Waals surface area contributed by atoms with Gasteiger partial charge in [-0.25, -0.2) is 13.1 Å². The first kappa shape index (κ1) is 15.0. The second-order valence-electron chi connectivity index (χ2n) is 5.59. The van der Waals surface area contributed by atoms with E-state index in [9.17, 15) is 13.5 Å². The Kier molecular flexibility index (Phi) is 4.35. The molecule has 1 aliphatic rings. The predicted molar refractivity (Wildman–Crippen MR) is 76.8 cm³/mol. The van der Waals surface area contributed by atoms with Crippen molar-refractivity contribution < 1.29 is 13.5 Å². The molecule has 6 heteroatoms. The van der Waals surface area contributed by atoms with E-state index in [1.807, 2.05) is 6.92 Å². The lowest BCUT2D eigenvalue weighted by molar-refractivity contribution is 0.125. The molecule has 0 amide bonds. The van der Waals surface area contributed by atoms with E-state index in [4.69, 9.17) is 0 Å². The summed E-state index contributed by atoms with van der Waals surface area (Å²) in [5.74, 6) is 0.605. The third-order valence-electron chi connectivity index (χ3n) is 3.87. The summed E-state index contributed by atoms with van der Waals surface area (Å²) in [6.45, 7) is 3.91. The molecule has 1 heterocycles. The topological polar surface area (TPSA) is 66.4 Å². The molecule has 0 saturated heterocycles. The van der Waals surface area contributed by atoms with Crippen LogP contribution in [0.25, 0.3) is 0 Å². The van der Waals surface area contributed by atoms with E-state index in [2.05, 4.69) is 11.6 Å². The fraction of sp³-hybridized carbons (Fsp3) is 0.692. The molecule has 2 rings (SSSR count). The maximum Gasteiger partial charge on any atom is 0.250 e. The van der Waals surface area contributed by atoms with Crippen LogP contribution in [0.15, 0.2) is 16.3 Å². The number of rotatable bonds is 4. The van der Waals surface area contributed by atoms with E-state index in [0.717, 1.165) is 17.7 Å². The minimum Gasteiger partial charge on any atom is -0.394 e. The van der Waals surface area contributed by atoms with Gasteiger partial charge in [0.2, 0.25) is 0 Å². The summed E-state index contributed by atoms with van der Waals surface area (Å²) in [6, 6.07) is 3.42. The third-order valence-corrected chi connectivity index (χ3v) is 6.94. The average molecular weight is 303 g/mol. The lowest BCUT2D eigenvalue weighted by Crippen LogP contribution is -2.52. The average Bonchev–Trinajstić information content (AvgIpc) is 2.80. The lowest BCUT2D eigenvalue weighted by Gasteiger charge is -2.38. The Hall–Kier alpha value is -0.430. The van der Waals surface area contributed by atoms with Crippen LogP contribution in [-0.4, -0.2) is 25.7 Å². The molecule has 1 saturated carbocycles. The second kappa shape index (κ2) is 5.52. The number of aliphatic hydroxyl groups excluding tert-OH is 1. The SMILES string of the molecule is Cc1ccc(S(=O)(=O)NC2(CO)CCC(C)CC2)s1. The molecule has 19 heavy (non-hydrogen) atoms. The Morgan fingerprint density at radius 2 is 2.05 bits per heavy atom. The molecule has 1 aromatic heterocycles. The molecule has 0 aliphatic heterocycles. The van der Waals surface area contributed by atoms with Gasteiger partial charge in [0.15, 0.2) is 0 Å². The third kappa shape index (κ3) is 3.37. The van der Waals surface area contributed by atoms with Crippen molar-refractivity contribution in [1.29, 1.82) is 0 Å². The van der Waals surface area contributed by atoms with E-state index >= 15 is 0 Å². The molecule has 0 spiro atoms. The lowest BCUT2D eigenvalue weighted by atomic mass is 9.78. The van der Waals surface area contributed by atoms with Crippen molar-refractivity contribution in [1.82, 2.24) is 4.72 Å². The van der Waals surface area contributed by atoms with Gasteiger partial charge in [-0.15, -0.1) is 11.3 Å². The van der Waals surface area contributed by atoms with Crippen LogP contribution < -0.4 is 4.72 Å². The number of aryl methyl sites for hydroxylation is 1. The highest BCUT2D eigenvalue weighted by molar-refractivity contribution is 7.91. The molecule has 1 aliphatic carbocycles. The zero-order valence-corrected chi connectivity index (χ0v) is 13.0. The van der Waals surface area contributed by atoms with Crippen LogP contribution in [0.1, 0.15) is 37.5 Å². The van der Waals surface area contributed by atoms with Gasteiger partial charge in [-0.1, -0.05) is 6.92 Å². The standard InChI is InChI=1S/C13H21NO3S2/c1-10-5-7-13(9-15,8-6-10)14-19(16,17)12-4-3-11(2)18-12/h3-4,10,14-15H,5-9H2,1-2H3. The Bertz CT molecular complexity index is 528. The van der Waals surface area contributed by atoms with Crippen LogP contribution in [-0.2, 0) is 10.0 Å². The Balaban J connectivity index is 2.18. The first-order chi connectivity index (χ1) is 8.87. The van der Waals surface area contributed by atoms with Crippen LogP contribution in [0.4, 0.5) is 0 Å². The van der Waals surface area contributed by atoms with E-state index in [0.29, 0.717) is 23.0 Å². The molecule has 1 aromatic rings. The van der Waals surface area contributed by atoms with Gasteiger partial charge in [0.25, 0.3) is 10.0 Å². The molecule has 4 nitrogen and oxygen atoms in total. The quantitative estimate of drug-likeness (QED) is 0.897. The summed E-state index contributed by atoms with van der Waals surface area (Å²) >= 11 is 1.26. The van der Waals surface area contributed by atoms with Crippen molar-refractivity contribution in [3.63, 3.8) is 0 Å². The van der Waals surface area contributed by atoms with Crippen LogP contribution in [0.3, 0.4) is 0 Å². The minimum atomic E-state index is -3.52. The van der Waals surface area contributed by atoms with Crippen molar-refractivity contribution in [2.75, 3.05) is 6.61 Å². The highest BCUT2D eigenvalue weighted by atomic mass is 32.2. The number of aliphatic hydroxyl groups is 1. The van der Waals surface area contributed by atoms with Gasteiger partial charge in [-0.3, -0.25) is 0 Å². The van der Waals surface area contributed by atoms with E-state index in [-0.39, 0.29) is 6.61 Å². The summed E-state index contributed by atoms with van der Waals surface area (Å²) in [5.41, 5.74) is -0.677. The monoisotopic (exact) mass is 303 g/mol. The van der Waals surface area contributed by atoms with Gasteiger partial charge < -0.3 is 5.11 Å². The first-order valence-electron chi connectivity index (χ1n) is 6.58. The Labute approximate surface area is 118 Å². The summed E-state index contributed by atoms with van der Waals surface area (Å²) in [4.78, 5) is 0.968. The number of sulfonamides is 1. The van der Waals surface area contributed by atoms with Crippen molar-refractivity contribution in [2.24, 2.45) is 5.92 Å². The van der Waals surface area contributed by atoms with E-state index < -0.39 is 15.6 Å². The Morgan fingerprint density at radius 3 is 2.53 bits per heavy atom. The van der Waals surface area contributed by atoms with Crippen molar-refractivity contribution >= 4 is 21.4 Å². The molecular formula is C13H21NO3S2. The molecule has 2 N–H and O–H groups in total. The molecule has 0 radical (unpaired) electrons. The summed E-state index contributed by atoms with van der Waals surface area (Å²) in [7, 11) is -3.52. The smallest absolute Gasteiger partial charge is 0.250 e. The first-order valence-corrected chi connectivity index (χ1v) is 8.88. The van der Waals surface area contributed by atoms with Gasteiger partial charge in [-0.2, -0.15) is 0 Å². The molecule has 0 bridgehead atoms. The Morgan fingerprint density at radius 1 is 1.42 bits per heavy atom. The number of hydrogen-bond acceptors (Lipinski definition) is 4. The normalized spacial score (nSPS) is 28.5. The van der Waals surface area contributed by atoms with Crippen LogP contribution in [0, 0.1) is 12.8 Å². The molecule has 0 atom stereocenters. The molecule has 0 unspecified atom stereocenters. The number of nitrogens with one attached hydrogen (secondary N) is 1. The highest BCUT2D eigenvalue weighted by Crippen LogP contribution is 2.33. The predicted octanol–water partition coefficient (Wildman–Crippen LogP) is 2.28. The maximum absolute atomic E-state index is 12.3. The van der Waals surface area contributed by atoms with Gasteiger partial charge in [0.05, 0.1) is 12.1 Å². The van der Waals surface area contributed by atoms with Gasteiger partial charge >= 0.3 is 0 Å². The van der Waals surface area contributed by atoms with Crippen molar-refractivity contribution in [3.05, 3.63) is 17.0 Å². The fourth-order valence-corrected chi connectivity index (χ4v) is 5.23. The van der Waals surface area contributed by atoms with Gasteiger partial charge in [0.1, 0.15) is 4.21 Å². The second-order valence-corrected chi connectivity index (χ2v) is 8.79. The fourth-order valence-electron chi connectivity index (χ4n) is 2.50. The highest BCUT2D eigenvalue weighted by Gasteiger charge is 2.37. The van der Waals surface area contributed by atoms with Crippen LogP contribution in [0.5, 0.6) is 0 Å². The van der Waals surface area contributed by atoms with E-state index in [1.54, 1.807) is 12.1 Å². The molecular weight excluding hydrogens is 282 g/mol. The largest absolute Gasteiger partial charge is 0.394 e. The summed E-state index contributed by atoms with van der Waals surface area (Å²) < 4.78 is 27.8. The molecule has 1 fully saturated rings. The van der Waals surface area contributed by atoms with Crippen molar-refractivity contribution in [2.45, 2.75) is 49.3 Å². The van der Waals surface area contributed by atoms with Gasteiger partial charge in [0, 0.05) is 4.88 Å². The van der Waals surface area contributed by atoms with E-state index in [1.165, 1.54) is 11.3 Å². The van der Waals surface area contributed by atoms with Crippen molar-refractivity contribution in [3.8, 4) is 0 Å². The minimum absolute atomic E-state index is 0.136. The zero-order valence-electron chi connectivity index (χ0n) is 11.3. The summed E-state index contributed by atoms with van der Waals surface area (Å²) in [5, 5.41) is 9.62. The van der Waals surface area contributed by atoms with Crippen LogP contribution in [0.2, 0.25) is 0 Å². The van der Waals surface area contributed by atoms with Gasteiger partial charge in [-0.05, 0) is 50.7 Å². The van der Waals surface area contributed by atoms with Crippen LogP contribution >= 0.6 is 11.3 Å². The molecule has 108 valence electrons. The zero-order chi connectivity index (χ0) is 14.1. The number of thiophene rings is 1. The molecule has 0 aromatic carbocycles.